The van der Waals surface area contributed by atoms with Crippen LogP contribution in [0.25, 0.3) is 0 Å². The van der Waals surface area contributed by atoms with E-state index in [9.17, 15) is 38.4 Å². The zero-order valence-corrected chi connectivity index (χ0v) is 39.1. The number of hydrogen-bond acceptors (Lipinski definition) is 16. The molecule has 4 amide bonds. The minimum Gasteiger partial charge on any atom is -0.467 e. The van der Waals surface area contributed by atoms with Gasteiger partial charge in [0, 0.05) is 23.0 Å². The molecule has 0 saturated heterocycles. The van der Waals surface area contributed by atoms with Crippen LogP contribution in [0.2, 0.25) is 0 Å². The van der Waals surface area contributed by atoms with Gasteiger partial charge >= 0.3 is 58.0 Å². The van der Waals surface area contributed by atoms with Crippen LogP contribution in [0.4, 0.5) is 0 Å². The summed E-state index contributed by atoms with van der Waals surface area (Å²) < 4.78 is 19.0. The largest absolute Gasteiger partial charge is 2.00 e. The number of methoxy groups -OCH3 is 4. The number of amides is 4. The monoisotopic (exact) mass is 1010 g/mol. The van der Waals surface area contributed by atoms with E-state index < -0.39 is 48.0 Å². The molecule has 0 aromatic rings. The summed E-state index contributed by atoms with van der Waals surface area (Å²) in [5, 5.41) is 10.5. The Kier molecular flexibility index (Phi) is 30.8. The summed E-state index contributed by atoms with van der Waals surface area (Å²) in [5.41, 5.74) is 0. The molecule has 0 spiro atoms. The van der Waals surface area contributed by atoms with Gasteiger partial charge < -0.3 is 40.2 Å². The maximum absolute atomic E-state index is 12.2. The number of carbonyl (C=O) groups is 8. The summed E-state index contributed by atoms with van der Waals surface area (Å²) in [6.07, 6.45) is 26.9. The van der Waals surface area contributed by atoms with E-state index in [2.05, 4.69) is 21.3 Å². The summed E-state index contributed by atoms with van der Waals surface area (Å²) in [6.45, 7) is 0. The molecule has 0 aromatic carbocycles. The van der Waals surface area contributed by atoms with Gasteiger partial charge in [0.2, 0.25) is 23.6 Å². The quantitative estimate of drug-likeness (QED) is 0.0391. The third-order valence-corrected chi connectivity index (χ3v) is 12.8. The molecule has 16 nitrogen and oxygen atoms in total. The first kappa shape index (κ1) is 58.2. The molecule has 0 unspecified atom stereocenters. The van der Waals surface area contributed by atoms with E-state index in [1.54, 1.807) is 103 Å². The van der Waals surface area contributed by atoms with Crippen molar-refractivity contribution in [1.29, 1.82) is 0 Å². The Morgan fingerprint density at radius 1 is 0.371 bits per heavy atom. The van der Waals surface area contributed by atoms with Crippen LogP contribution in [0.5, 0.6) is 0 Å². The minimum absolute atomic E-state index is 0. The maximum Gasteiger partial charge on any atom is 2.00 e. The van der Waals surface area contributed by atoms with Crippen LogP contribution in [-0.4, -0.2) is 123 Å². The van der Waals surface area contributed by atoms with Crippen LogP contribution in [0.3, 0.4) is 0 Å². The fourth-order valence-electron chi connectivity index (χ4n) is 4.78. The molecule has 0 aromatic heterocycles. The summed E-state index contributed by atoms with van der Waals surface area (Å²) >= 11 is 0. The molecule has 0 heterocycles. The molecule has 4 N–H and O–H groups in total. The number of rotatable bonds is 22. The average molecular weight is 1010 g/mol. The van der Waals surface area contributed by atoms with E-state index in [1.165, 1.54) is 71.6 Å². The first-order valence-corrected chi connectivity index (χ1v) is 22.8. The molecule has 4 rings (SSSR count). The molecule has 0 bridgehead atoms. The number of hydrogen-bond donors (Lipinski definition) is 4. The number of nitrogens with one attached hydrogen (secondary N) is 4. The van der Waals surface area contributed by atoms with Crippen molar-refractivity contribution in [3.63, 3.8) is 0 Å². The van der Waals surface area contributed by atoms with Crippen molar-refractivity contribution in [3.05, 3.63) is 126 Å². The van der Waals surface area contributed by atoms with Crippen LogP contribution >= 0.6 is 43.2 Å². The van der Waals surface area contributed by atoms with Gasteiger partial charge in [0.05, 0.1) is 52.1 Å². The molecular weight excluding hydrogens is 968 g/mol. The second-order valence-electron chi connectivity index (χ2n) is 12.0. The molecule has 22 heteroatoms. The normalized spacial score (nSPS) is 18.5. The van der Waals surface area contributed by atoms with E-state index in [1.807, 2.05) is 0 Å². The molecule has 4 atom stereocenters. The van der Waals surface area contributed by atoms with E-state index >= 15 is 0 Å². The van der Waals surface area contributed by atoms with Crippen molar-refractivity contribution in [2.75, 3.05) is 51.5 Å². The molecule has 4 saturated carbocycles. The van der Waals surface area contributed by atoms with E-state index in [0.717, 1.165) is 0 Å². The van der Waals surface area contributed by atoms with Crippen molar-refractivity contribution in [2.24, 2.45) is 0 Å². The van der Waals surface area contributed by atoms with Gasteiger partial charge in [0.15, 0.2) is 0 Å². The molecule has 4 aliphatic carbocycles. The Balaban J connectivity index is 0.000000601. The number of esters is 4. The van der Waals surface area contributed by atoms with E-state index in [4.69, 9.17) is 18.9 Å². The van der Waals surface area contributed by atoms with Crippen LogP contribution in [0, 0.1) is 126 Å². The SMILES string of the molecule is COC(=O)[C@H](CSSC[C@@H](NC(=O)[C]1[CH][CH][CH][CH]1)C(=O)OC)NC(=O)[C]1[CH][CH][CH][CH]1.COC(=O)[C@H](CSSC[C@@H](NC(=O)[C]1[CH][CH][CH][CH]1)C(=O)OC)NC(=O)[C]1[CH][CH][CH][CH]1.[Fe+2].[Fe+2]. The zero-order valence-electron chi connectivity index (χ0n) is 33.6. The maximum atomic E-state index is 12.2. The van der Waals surface area contributed by atoms with Gasteiger partial charge in [0.1, 0.15) is 24.2 Å². The second-order valence-corrected chi connectivity index (χ2v) is 17.1. The molecule has 332 valence electrons. The predicted molar refractivity (Wildman–Crippen MR) is 227 cm³/mol. The number of carbonyl (C=O) groups excluding carboxylic acids is 8. The Labute approximate surface area is 402 Å². The van der Waals surface area contributed by atoms with Gasteiger partial charge in [-0.1, -0.05) is 43.2 Å². The van der Waals surface area contributed by atoms with Crippen molar-refractivity contribution in [2.45, 2.75) is 24.2 Å². The smallest absolute Gasteiger partial charge is 0.467 e. The second kappa shape index (κ2) is 32.8. The summed E-state index contributed by atoms with van der Waals surface area (Å²) in [5.74, 6) is -1.15. The Bertz CT molecular complexity index is 1220. The van der Waals surface area contributed by atoms with Crippen LogP contribution in [-0.2, 0) is 91.4 Å². The summed E-state index contributed by atoms with van der Waals surface area (Å²) in [7, 11) is 10.0. The average Bonchev–Trinajstić information content (AvgIpc) is 4.12. The minimum atomic E-state index is -0.856. The third kappa shape index (κ3) is 20.6. The fraction of sp³-hybridized carbons (Fsp3) is 0.300. The Morgan fingerprint density at radius 3 is 0.677 bits per heavy atom. The van der Waals surface area contributed by atoms with Gasteiger partial charge in [-0.25, -0.2) is 19.2 Å². The third-order valence-electron chi connectivity index (χ3n) is 7.97. The molecule has 4 aliphatic rings. The first-order valence-electron chi connectivity index (χ1n) is 17.8. The van der Waals surface area contributed by atoms with Crippen molar-refractivity contribution in [1.82, 2.24) is 21.3 Å². The van der Waals surface area contributed by atoms with Crippen LogP contribution < -0.4 is 21.3 Å². The topological polar surface area (TPSA) is 222 Å². The van der Waals surface area contributed by atoms with Crippen molar-refractivity contribution < 1.29 is 91.4 Å². The Hall–Kier alpha value is -1.80. The predicted octanol–water partition coefficient (Wildman–Crippen LogP) is 0.983. The molecule has 62 heavy (non-hydrogen) atoms. The van der Waals surface area contributed by atoms with Crippen molar-refractivity contribution in [3.8, 4) is 0 Å². The standard InChI is InChI=1S/2C20H22N2O6S2.2Fe/c2*1-27-19(25)15(21-17(23)13-7-3-4-8-13)11-29-30-12-16(20(26)28-2)22-18(24)14-9-5-6-10-14;;/h2*3-10,15-16H,11-12H2,1-2H3,(H,21,23)(H,22,24);;/q;;2*+2/t2*15-,16+;;. The Morgan fingerprint density at radius 2 is 0.532 bits per heavy atom. The van der Waals surface area contributed by atoms with E-state index in [0.29, 0.717) is 23.7 Å². The van der Waals surface area contributed by atoms with Gasteiger partial charge in [0.25, 0.3) is 0 Å². The number of ether oxygens (including phenoxy) is 4. The first-order chi connectivity index (χ1) is 28.9. The van der Waals surface area contributed by atoms with Gasteiger partial charge in [-0.05, 0) is 103 Å². The zero-order chi connectivity index (χ0) is 43.9. The summed E-state index contributed by atoms with van der Waals surface area (Å²) in [4.78, 5) is 96.7. The van der Waals surface area contributed by atoms with Gasteiger partial charge in [-0.15, -0.1) is 0 Å². The van der Waals surface area contributed by atoms with Gasteiger partial charge in [-0.3, -0.25) is 19.2 Å². The molecular formula is C40H44Fe2N4O12S4+4. The molecule has 20 radical (unpaired) electrons. The summed E-state index contributed by atoms with van der Waals surface area (Å²) in [6, 6.07) is -3.42. The van der Waals surface area contributed by atoms with Crippen molar-refractivity contribution >= 4 is 90.7 Å². The molecule has 0 aliphatic heterocycles. The van der Waals surface area contributed by atoms with Crippen LogP contribution in [0.15, 0.2) is 0 Å². The van der Waals surface area contributed by atoms with E-state index in [-0.39, 0.29) is 80.8 Å². The fourth-order valence-corrected chi connectivity index (χ4v) is 9.37. The molecule has 4 fully saturated rings. The van der Waals surface area contributed by atoms with Gasteiger partial charge in [-0.2, -0.15) is 0 Å². The van der Waals surface area contributed by atoms with Crippen LogP contribution in [0.1, 0.15) is 0 Å².